The molecule has 22 atom stereocenters. The topological polar surface area (TPSA) is 293 Å². The van der Waals surface area contributed by atoms with Gasteiger partial charge in [-0.25, -0.2) is 17.9 Å². The van der Waals surface area contributed by atoms with Gasteiger partial charge < -0.3 is 72.5 Å². The number of aliphatic hydroxyl groups excluding tert-OH is 2. The second-order valence-corrected chi connectivity index (χ2v) is 29.0. The minimum atomic E-state index is -4.03. The highest BCUT2D eigenvalue weighted by molar-refractivity contribution is 7.89. The van der Waals surface area contributed by atoms with Crippen LogP contribution in [0.5, 0.6) is 0 Å². The van der Waals surface area contributed by atoms with E-state index in [1.54, 1.807) is 80.5 Å². The molecule has 5 aliphatic rings. The number of nitrogens with zero attached hydrogens (tertiary/aromatic N) is 2. The van der Waals surface area contributed by atoms with Crippen molar-refractivity contribution < 1.29 is 94.8 Å². The van der Waals surface area contributed by atoms with Crippen LogP contribution in [-0.2, 0) is 81.3 Å². The Labute approximate surface area is 528 Å². The third kappa shape index (κ3) is 19.8. The Hall–Kier alpha value is -3.96. The van der Waals surface area contributed by atoms with Gasteiger partial charge in [0.15, 0.2) is 30.3 Å². The second-order valence-electron chi connectivity index (χ2n) is 27.3. The lowest BCUT2D eigenvalue weighted by atomic mass is 9.74. The first-order chi connectivity index (χ1) is 41.7. The van der Waals surface area contributed by atoms with Gasteiger partial charge >= 0.3 is 18.0 Å². The van der Waals surface area contributed by atoms with Crippen LogP contribution in [0, 0.1) is 47.3 Å². The van der Waals surface area contributed by atoms with E-state index in [0.717, 1.165) is 19.4 Å². The van der Waals surface area contributed by atoms with Crippen molar-refractivity contribution in [3.63, 3.8) is 0 Å². The molecular weight excluding hydrogens is 1180 g/mol. The molecule has 1 aliphatic carbocycles. The van der Waals surface area contributed by atoms with E-state index in [-0.39, 0.29) is 61.1 Å². The monoisotopic (exact) mass is 1280 g/mol. The second kappa shape index (κ2) is 32.3. The third-order valence-electron chi connectivity index (χ3n) is 18.1. The van der Waals surface area contributed by atoms with Crippen LogP contribution in [0.15, 0.2) is 40.4 Å². The Morgan fingerprint density at radius 3 is 2.11 bits per heavy atom. The lowest BCUT2D eigenvalue weighted by Gasteiger charge is -2.45. The maximum atomic E-state index is 16.1. The quantitative estimate of drug-likeness (QED) is 0.0544. The van der Waals surface area contributed by atoms with Gasteiger partial charge in [0.2, 0.25) is 10.0 Å². The molecular formula is C64H106N4O20S. The van der Waals surface area contributed by atoms with Gasteiger partial charge in [0.1, 0.15) is 43.7 Å². The van der Waals surface area contributed by atoms with E-state index in [2.05, 4.69) is 27.0 Å². The maximum Gasteiger partial charge on any atom is 0.408 e. The van der Waals surface area contributed by atoms with E-state index >= 15 is 9.59 Å². The SMILES string of the molecule is CO/N=C1\C[C@@H](C)O[C@@H](O[C@@H]2[C@@H](C)[C@H](O[C@H]3CC(C)N(CC4CC4)C[C@H](C)O3)[C@@H](C)C(=O)O[C@H]([C@@H](C)CO[C@@H]3O[C@H](C)[C@@H](O)[C@@H](OC)[C@H]3OC)[C@H](C)[C@@H](OC(=O)CC(C)C)[C@@H](C)C(=O)[C@@](C)(OC(=O)NC(C)(C)CNS(=O)(=O)c3ccccc3)C[C@@H]2C)[C@@H]1O. The number of esters is 2. The zero-order valence-electron chi connectivity index (χ0n) is 55.8. The predicted molar refractivity (Wildman–Crippen MR) is 327 cm³/mol. The van der Waals surface area contributed by atoms with E-state index in [0.29, 0.717) is 18.9 Å². The molecule has 89 heavy (non-hydrogen) atoms. The zero-order chi connectivity index (χ0) is 66.0. The van der Waals surface area contributed by atoms with Crippen LogP contribution < -0.4 is 10.0 Å². The van der Waals surface area contributed by atoms with Crippen molar-refractivity contribution in [1.29, 1.82) is 0 Å². The Balaban J connectivity index is 1.50. The van der Waals surface area contributed by atoms with Crippen LogP contribution in [0.4, 0.5) is 4.79 Å². The number of Topliss-reactive ketones (excluding diaryl/α,β-unsaturated/α-hetero) is 1. The molecule has 0 spiro atoms. The average Bonchev–Trinajstić information content (AvgIpc) is 2.67. The molecule has 1 aromatic rings. The third-order valence-corrected chi connectivity index (χ3v) is 19.5. The van der Waals surface area contributed by atoms with Gasteiger partial charge in [-0.3, -0.25) is 19.3 Å². The minimum absolute atomic E-state index is 0.0155. The molecule has 5 fully saturated rings. The molecule has 24 nitrogen and oxygen atoms in total. The Morgan fingerprint density at radius 1 is 0.831 bits per heavy atom. The minimum Gasteiger partial charge on any atom is -0.461 e. The number of benzene rings is 1. The summed E-state index contributed by atoms with van der Waals surface area (Å²) in [6, 6.07) is 7.77. The molecule has 508 valence electrons. The number of carbonyl (C=O) groups is 4. The number of carbonyl (C=O) groups excluding carboxylic acids is 4. The number of nitrogens with one attached hydrogen (secondary N) is 2. The molecule has 6 rings (SSSR count). The number of ketones is 1. The Bertz CT molecular complexity index is 2600. The van der Waals surface area contributed by atoms with Gasteiger partial charge in [-0.2, -0.15) is 0 Å². The number of methoxy groups -OCH3 is 2. The molecule has 4 aliphatic heterocycles. The highest BCUT2D eigenvalue weighted by Crippen LogP contribution is 2.41. The molecule has 1 aromatic carbocycles. The predicted octanol–water partition coefficient (Wildman–Crippen LogP) is 6.54. The van der Waals surface area contributed by atoms with Crippen molar-refractivity contribution in [2.75, 3.05) is 47.6 Å². The smallest absolute Gasteiger partial charge is 0.408 e. The van der Waals surface area contributed by atoms with Gasteiger partial charge in [0, 0.05) is 76.9 Å². The molecule has 1 unspecified atom stereocenters. The molecule has 0 radical (unpaired) electrons. The summed E-state index contributed by atoms with van der Waals surface area (Å²) in [5.41, 5.74) is -3.18. The highest BCUT2D eigenvalue weighted by Gasteiger charge is 2.53. The number of amides is 1. The number of hydrogen-bond donors (Lipinski definition) is 4. The first kappa shape index (κ1) is 74.1. The van der Waals surface area contributed by atoms with Crippen LogP contribution >= 0.6 is 0 Å². The van der Waals surface area contributed by atoms with Crippen molar-refractivity contribution in [3.05, 3.63) is 30.3 Å². The summed E-state index contributed by atoms with van der Waals surface area (Å²) in [6.45, 7) is 27.5. The van der Waals surface area contributed by atoms with Crippen LogP contribution in [0.3, 0.4) is 0 Å². The maximum absolute atomic E-state index is 16.1. The van der Waals surface area contributed by atoms with Crippen molar-refractivity contribution in [2.45, 2.75) is 250 Å². The van der Waals surface area contributed by atoms with Crippen molar-refractivity contribution >= 4 is 39.6 Å². The van der Waals surface area contributed by atoms with Crippen molar-refractivity contribution in [2.24, 2.45) is 52.5 Å². The van der Waals surface area contributed by atoms with E-state index in [1.165, 1.54) is 40.4 Å². The first-order valence-corrected chi connectivity index (χ1v) is 33.4. The number of cyclic esters (lactones) is 1. The zero-order valence-corrected chi connectivity index (χ0v) is 56.6. The van der Waals surface area contributed by atoms with Gasteiger partial charge in [0.05, 0.1) is 65.1 Å². The summed E-state index contributed by atoms with van der Waals surface area (Å²) in [5, 5.41) is 29.9. The fraction of sp³-hybridized carbons (Fsp3) is 0.828. The molecule has 4 saturated heterocycles. The fourth-order valence-corrected chi connectivity index (χ4v) is 14.3. The van der Waals surface area contributed by atoms with E-state index in [4.69, 9.17) is 56.9 Å². The molecule has 4 heterocycles. The van der Waals surface area contributed by atoms with Gasteiger partial charge in [-0.05, 0) is 105 Å². The molecule has 1 saturated carbocycles. The Morgan fingerprint density at radius 2 is 1.49 bits per heavy atom. The van der Waals surface area contributed by atoms with E-state index < -0.39 is 160 Å². The lowest BCUT2D eigenvalue weighted by molar-refractivity contribution is -0.305. The van der Waals surface area contributed by atoms with Crippen molar-refractivity contribution in [3.8, 4) is 0 Å². The fourth-order valence-electron chi connectivity index (χ4n) is 13.0. The number of hydrogen-bond acceptors (Lipinski definition) is 22. The largest absolute Gasteiger partial charge is 0.461 e. The van der Waals surface area contributed by atoms with Crippen LogP contribution in [0.1, 0.15) is 142 Å². The number of oxime groups is 1. The van der Waals surface area contributed by atoms with Crippen LogP contribution in [0.2, 0.25) is 0 Å². The number of ether oxygens (including phenoxy) is 11. The highest BCUT2D eigenvalue weighted by atomic mass is 32.2. The van der Waals surface area contributed by atoms with E-state index in [9.17, 15) is 28.2 Å². The first-order valence-electron chi connectivity index (χ1n) is 31.9. The van der Waals surface area contributed by atoms with Crippen LogP contribution in [0.25, 0.3) is 0 Å². The van der Waals surface area contributed by atoms with Crippen LogP contribution in [-0.4, -0.2) is 204 Å². The molecule has 1 amide bonds. The van der Waals surface area contributed by atoms with E-state index in [1.807, 2.05) is 27.7 Å². The molecule has 0 aromatic heterocycles. The summed E-state index contributed by atoms with van der Waals surface area (Å²) in [7, 11) is 0.220. The Kier molecular flexibility index (Phi) is 26.8. The number of alkyl carbamates (subject to hydrolysis) is 1. The number of aliphatic hydroxyl groups is 2. The summed E-state index contributed by atoms with van der Waals surface area (Å²) < 4.78 is 100. The molecule has 0 bridgehead atoms. The standard InChI is InChI=1S/C64H106N4O20S/c1-34(2)26-48(69)84-54-41(9)53(36(4)32-80-61-57(78-17)56(77-16)50(70)44(12)83-61)86-59(73)43(11)55(85-49-27-37(5)68(30-39(7)81-49)31-45-24-25-45)40(8)52(87-60-51(71)47(67-79-18)28-38(6)82-60)35(3)29-64(15,58(72)42(54)10)88-62(74)66-63(13,14)33-65-89(75,76)46-22-20-19-21-23-46/h19-23,34-45,49-57,60-61,65,70-71H,24-33H2,1-18H3,(H,66,74)/b67-47+/t35-,36-,37?,38+,39-,40+,41-,42+,43+,44+,49-,50+,51+,52-,53+,54+,55-,56+,57+,60-,61+,64-/m0/s1. The van der Waals surface area contributed by atoms with Crippen molar-refractivity contribution in [1.82, 2.24) is 14.9 Å². The van der Waals surface area contributed by atoms with Gasteiger partial charge in [-0.15, -0.1) is 0 Å². The molecule has 25 heteroatoms. The summed E-state index contributed by atoms with van der Waals surface area (Å²) in [5.74, 6) is -7.45. The number of rotatable bonds is 22. The lowest BCUT2D eigenvalue weighted by Crippen LogP contribution is -2.59. The summed E-state index contributed by atoms with van der Waals surface area (Å²) in [4.78, 5) is 68.2. The summed E-state index contributed by atoms with van der Waals surface area (Å²) >= 11 is 0. The molecule has 4 N–H and O–H groups in total. The van der Waals surface area contributed by atoms with Gasteiger partial charge in [-0.1, -0.05) is 71.8 Å². The normalized spacial score (nSPS) is 37.6. The summed E-state index contributed by atoms with van der Waals surface area (Å²) in [6.07, 6.45) is -12.2. The van der Waals surface area contributed by atoms with Gasteiger partial charge in [0.25, 0.3) is 0 Å². The average molecular weight is 1280 g/mol. The number of sulfonamides is 1.